The summed E-state index contributed by atoms with van der Waals surface area (Å²) in [6.45, 7) is 0. The van der Waals surface area contributed by atoms with Gasteiger partial charge in [-0.25, -0.2) is 12.2 Å². The Labute approximate surface area is 241 Å². The summed E-state index contributed by atoms with van der Waals surface area (Å²) in [4.78, 5) is 0. The van der Waals surface area contributed by atoms with Gasteiger partial charge in [0.2, 0.25) is 0 Å². The number of halogens is 2. The molecular weight excluding hydrogens is 558 g/mol. The number of allylic oxidation sites excluding steroid dienone is 4. The molecule has 0 bridgehead atoms. The Morgan fingerprint density at radius 1 is 0.667 bits per heavy atom. The Morgan fingerprint density at radius 3 is 1.67 bits per heavy atom. The van der Waals surface area contributed by atoms with Gasteiger partial charge in [-0.1, -0.05) is 54.1 Å². The van der Waals surface area contributed by atoms with Crippen LogP contribution in [0.15, 0.2) is 146 Å². The van der Waals surface area contributed by atoms with Crippen LogP contribution >= 0.6 is 0 Å². The van der Waals surface area contributed by atoms with Crippen molar-refractivity contribution in [1.29, 1.82) is 0 Å². The Hall–Kier alpha value is -2.70. The molecule has 0 unspecified atom stereocenters. The zero-order chi connectivity index (χ0) is 23.4. The summed E-state index contributed by atoms with van der Waals surface area (Å²) in [5.74, 6) is 0. The Balaban J connectivity index is 0.000000204. The summed E-state index contributed by atoms with van der Waals surface area (Å²) in [5.41, 5.74) is 5.25. The van der Waals surface area contributed by atoms with Crippen molar-refractivity contribution < 1.29 is 49.0 Å². The van der Waals surface area contributed by atoms with Gasteiger partial charge < -0.3 is 24.8 Å². The molecule has 0 saturated heterocycles. The first-order valence-corrected chi connectivity index (χ1v) is 12.7. The molecule has 0 spiro atoms. The summed E-state index contributed by atoms with van der Waals surface area (Å²) in [6, 6.07) is 44.6. The Kier molecular flexibility index (Phi) is 13.2. The summed E-state index contributed by atoms with van der Waals surface area (Å²) in [6.07, 6.45) is 10.0. The van der Waals surface area contributed by atoms with E-state index < -0.39 is 0 Å². The molecule has 0 nitrogen and oxygen atoms in total. The molecule has 0 N–H and O–H groups in total. The van der Waals surface area contributed by atoms with E-state index in [9.17, 15) is 0 Å². The van der Waals surface area contributed by atoms with E-state index in [4.69, 9.17) is 0 Å². The smallest absolute Gasteiger partial charge is 0.0635 e. The van der Waals surface area contributed by atoms with Gasteiger partial charge in [0.05, 0.1) is 0 Å². The first kappa shape index (κ1) is 29.5. The number of hydrogen-bond donors (Lipinski definition) is 0. The molecule has 0 amide bonds. The molecule has 178 valence electrons. The predicted octanol–water partition coefficient (Wildman–Crippen LogP) is 2.34. The quantitative estimate of drug-likeness (QED) is 0.286. The summed E-state index contributed by atoms with van der Waals surface area (Å²) >= 11 is 1.46. The molecule has 1 aliphatic rings. The van der Waals surface area contributed by atoms with Gasteiger partial charge in [0.15, 0.2) is 0 Å². The number of benzene rings is 4. The fraction of sp³-hybridized carbons (Fsp3) is 0.0303. The van der Waals surface area contributed by atoms with Crippen LogP contribution in [0.2, 0.25) is 0 Å². The van der Waals surface area contributed by atoms with Crippen LogP contribution in [-0.4, -0.2) is 3.21 Å². The second-order valence-corrected chi connectivity index (χ2v) is 9.08. The second-order valence-electron chi connectivity index (χ2n) is 7.85. The average molecular weight is 585 g/mol. The predicted molar refractivity (Wildman–Crippen MR) is 143 cm³/mol. The third-order valence-corrected chi connectivity index (χ3v) is 6.86. The summed E-state index contributed by atoms with van der Waals surface area (Å²) < 4.78 is 1.42. The first-order chi connectivity index (χ1) is 16.8. The molecule has 6 rings (SSSR count). The van der Waals surface area contributed by atoms with E-state index >= 15 is 0 Å². The van der Waals surface area contributed by atoms with Crippen molar-refractivity contribution >= 4 is 14.0 Å². The molecule has 0 heterocycles. The third-order valence-electron chi connectivity index (χ3n) is 5.44. The van der Waals surface area contributed by atoms with Gasteiger partial charge in [-0.3, -0.25) is 6.08 Å². The van der Waals surface area contributed by atoms with Crippen LogP contribution in [0.25, 0.3) is 21.9 Å². The van der Waals surface area contributed by atoms with Crippen molar-refractivity contribution in [2.24, 2.45) is 0 Å². The van der Waals surface area contributed by atoms with E-state index in [1.54, 1.807) is 0 Å². The SMILES string of the molecule is [C-]1=CC=CC1.[Cl-].[Cl-].[Zr+2]=[C](c1ccccc1)c1ccccc1.c1ccc(-c2cc3ccccc3[cH-]2)cc1. The topological polar surface area (TPSA) is 0 Å². The molecule has 5 aromatic rings. The van der Waals surface area contributed by atoms with E-state index in [2.05, 4.69) is 133 Å². The monoisotopic (exact) mass is 582 g/mol. The fourth-order valence-corrected chi connectivity index (χ4v) is 4.48. The molecular formula is C33H26Cl2Zr-2. The van der Waals surface area contributed by atoms with E-state index in [-0.39, 0.29) is 24.8 Å². The summed E-state index contributed by atoms with van der Waals surface area (Å²) in [5, 5.41) is 2.63. The van der Waals surface area contributed by atoms with E-state index in [1.165, 1.54) is 60.5 Å². The molecule has 3 heteroatoms. The average Bonchev–Trinajstić information content (AvgIpc) is 3.64. The van der Waals surface area contributed by atoms with Gasteiger partial charge in [-0.15, -0.1) is 41.0 Å². The van der Waals surface area contributed by atoms with E-state index in [0.29, 0.717) is 0 Å². The zero-order valence-electron chi connectivity index (χ0n) is 19.8. The van der Waals surface area contributed by atoms with Crippen LogP contribution in [-0.2, 0) is 24.2 Å². The van der Waals surface area contributed by atoms with Crippen molar-refractivity contribution in [3.8, 4) is 11.1 Å². The van der Waals surface area contributed by atoms with Crippen LogP contribution in [0, 0.1) is 6.08 Å². The van der Waals surface area contributed by atoms with Crippen LogP contribution in [0.4, 0.5) is 0 Å². The third kappa shape index (κ3) is 8.75. The van der Waals surface area contributed by atoms with Crippen molar-refractivity contribution in [3.05, 3.63) is 163 Å². The largest absolute Gasteiger partial charge is 0.145 e. The van der Waals surface area contributed by atoms with Crippen molar-refractivity contribution in [1.82, 2.24) is 0 Å². The minimum Gasteiger partial charge on any atom is -0.145 e. The molecule has 0 aliphatic heterocycles. The number of rotatable bonds is 3. The van der Waals surface area contributed by atoms with Gasteiger partial charge in [-0.05, 0) is 0 Å². The van der Waals surface area contributed by atoms with E-state index in [1.807, 2.05) is 18.2 Å². The molecule has 0 atom stereocenters. The van der Waals surface area contributed by atoms with Gasteiger partial charge in [0.25, 0.3) is 0 Å². The summed E-state index contributed by atoms with van der Waals surface area (Å²) in [7, 11) is 0. The molecule has 0 fully saturated rings. The minimum atomic E-state index is 0. The first-order valence-electron chi connectivity index (χ1n) is 11.4. The number of fused-ring (bicyclic) bond motifs is 1. The van der Waals surface area contributed by atoms with Gasteiger partial charge in [0, 0.05) is 0 Å². The fourth-order valence-electron chi connectivity index (χ4n) is 3.66. The second kappa shape index (κ2) is 16.1. The van der Waals surface area contributed by atoms with Crippen molar-refractivity contribution in [2.75, 3.05) is 0 Å². The van der Waals surface area contributed by atoms with E-state index in [0.717, 1.165) is 6.42 Å². The molecule has 1 aliphatic carbocycles. The molecule has 0 radical (unpaired) electrons. The molecule has 0 saturated carbocycles. The zero-order valence-corrected chi connectivity index (χ0v) is 23.8. The standard InChI is InChI=1S/C15H11.C13H10.C5H5.2ClH.Zr/c1-2-6-12(7-3-1)15-10-13-8-4-5-9-14(13)11-15;1-3-7-12(8-4-1)11-13-9-5-2-6-10-13;1-2-4-5-3-1;;;/h1-11H;1-10H;1-3H,4H2;2*1H;/q-1;;-1;;;+2/p-2. The van der Waals surface area contributed by atoms with Gasteiger partial charge in [0.1, 0.15) is 0 Å². The maximum Gasteiger partial charge on any atom is -0.0635 e. The van der Waals surface area contributed by atoms with Gasteiger partial charge in [-0.2, -0.15) is 6.08 Å². The molecule has 5 aromatic carbocycles. The van der Waals surface area contributed by atoms with Crippen molar-refractivity contribution in [2.45, 2.75) is 6.42 Å². The molecule has 0 aromatic heterocycles. The van der Waals surface area contributed by atoms with Crippen molar-refractivity contribution in [3.63, 3.8) is 0 Å². The molecule has 36 heavy (non-hydrogen) atoms. The maximum atomic E-state index is 2.99. The maximum absolute atomic E-state index is 2.99. The normalized spacial score (nSPS) is 10.7. The van der Waals surface area contributed by atoms with Crippen LogP contribution < -0.4 is 24.8 Å². The Morgan fingerprint density at radius 2 is 1.19 bits per heavy atom. The van der Waals surface area contributed by atoms with Crippen LogP contribution in [0.1, 0.15) is 17.5 Å². The number of hydrogen-bond acceptors (Lipinski definition) is 0. The van der Waals surface area contributed by atoms with Crippen LogP contribution in [0.3, 0.4) is 0 Å². The minimum absolute atomic E-state index is 0. The van der Waals surface area contributed by atoms with Gasteiger partial charge >= 0.3 is 99.2 Å². The van der Waals surface area contributed by atoms with Crippen LogP contribution in [0.5, 0.6) is 0 Å². The Bertz CT molecular complexity index is 1280.